The first-order chi connectivity index (χ1) is 13.7. The second-order valence-corrected chi connectivity index (χ2v) is 5.95. The van der Waals surface area contributed by atoms with Crippen molar-refractivity contribution in [2.75, 3.05) is 7.11 Å². The average Bonchev–Trinajstić information content (AvgIpc) is 2.76. The summed E-state index contributed by atoms with van der Waals surface area (Å²) in [5, 5.41) is 5.56. The third-order valence-corrected chi connectivity index (χ3v) is 4.02. The summed E-state index contributed by atoms with van der Waals surface area (Å²) in [7, 11) is 1.58. The highest BCUT2D eigenvalue weighted by atomic mass is 16.5. The SMILES string of the molecule is COc1ccccc1CNC(=O)c1cccc(C(=O)NCc2cccnc2)n1. The Balaban J connectivity index is 1.61. The molecule has 0 radical (unpaired) electrons. The number of benzene rings is 1. The third kappa shape index (κ3) is 4.91. The quantitative estimate of drug-likeness (QED) is 0.660. The lowest BCUT2D eigenvalue weighted by Gasteiger charge is -2.10. The van der Waals surface area contributed by atoms with Gasteiger partial charge < -0.3 is 15.4 Å². The van der Waals surface area contributed by atoms with Crippen molar-refractivity contribution in [2.45, 2.75) is 13.1 Å². The average molecular weight is 376 g/mol. The standard InChI is InChI=1S/C21H20N4O3/c1-28-19-10-3-2-7-16(19)14-24-21(27)18-9-4-8-17(25-18)20(26)23-13-15-6-5-11-22-12-15/h2-12H,13-14H2,1H3,(H,23,26)(H,24,27). The van der Waals surface area contributed by atoms with Crippen LogP contribution >= 0.6 is 0 Å². The van der Waals surface area contributed by atoms with Gasteiger partial charge >= 0.3 is 0 Å². The summed E-state index contributed by atoms with van der Waals surface area (Å²) in [6.45, 7) is 0.626. The molecule has 2 aromatic heterocycles. The van der Waals surface area contributed by atoms with Crippen molar-refractivity contribution in [1.29, 1.82) is 0 Å². The van der Waals surface area contributed by atoms with Crippen LogP contribution in [0.5, 0.6) is 5.75 Å². The second-order valence-electron chi connectivity index (χ2n) is 5.95. The van der Waals surface area contributed by atoms with Gasteiger partial charge in [0.15, 0.2) is 0 Å². The number of ether oxygens (including phenoxy) is 1. The maximum atomic E-state index is 12.4. The van der Waals surface area contributed by atoms with Crippen molar-refractivity contribution in [2.24, 2.45) is 0 Å². The van der Waals surface area contributed by atoms with Gasteiger partial charge in [-0.2, -0.15) is 0 Å². The Morgan fingerprint density at radius 2 is 1.61 bits per heavy atom. The van der Waals surface area contributed by atoms with E-state index in [0.29, 0.717) is 18.8 Å². The fourth-order valence-electron chi connectivity index (χ4n) is 2.58. The van der Waals surface area contributed by atoms with Crippen molar-refractivity contribution in [3.8, 4) is 5.75 Å². The number of aromatic nitrogens is 2. The molecule has 0 atom stereocenters. The van der Waals surface area contributed by atoms with E-state index in [1.54, 1.807) is 43.8 Å². The molecule has 28 heavy (non-hydrogen) atoms. The van der Waals surface area contributed by atoms with E-state index in [1.165, 1.54) is 0 Å². The molecule has 0 saturated carbocycles. The van der Waals surface area contributed by atoms with Gasteiger partial charge in [0.05, 0.1) is 7.11 Å². The number of nitrogens with one attached hydrogen (secondary N) is 2. The van der Waals surface area contributed by atoms with Gasteiger partial charge in [-0.25, -0.2) is 4.98 Å². The Morgan fingerprint density at radius 3 is 2.29 bits per heavy atom. The van der Waals surface area contributed by atoms with Crippen LogP contribution in [0.2, 0.25) is 0 Å². The lowest BCUT2D eigenvalue weighted by molar-refractivity contribution is 0.0941. The zero-order chi connectivity index (χ0) is 19.8. The Morgan fingerprint density at radius 1 is 0.893 bits per heavy atom. The number of hydrogen-bond donors (Lipinski definition) is 2. The van der Waals surface area contributed by atoms with Crippen molar-refractivity contribution in [3.05, 3.63) is 89.5 Å². The number of para-hydroxylation sites is 1. The minimum atomic E-state index is -0.368. The number of nitrogens with zero attached hydrogens (tertiary/aromatic N) is 2. The van der Waals surface area contributed by atoms with Gasteiger partial charge in [-0.15, -0.1) is 0 Å². The highest BCUT2D eigenvalue weighted by Gasteiger charge is 2.13. The number of amides is 2. The Bertz CT molecular complexity index is 961. The first-order valence-corrected chi connectivity index (χ1v) is 8.71. The Kier molecular flexibility index (Phi) is 6.30. The van der Waals surface area contributed by atoms with Gasteiger partial charge in [0.1, 0.15) is 17.1 Å². The first kappa shape index (κ1) is 19.0. The Hall–Kier alpha value is -3.74. The smallest absolute Gasteiger partial charge is 0.270 e. The lowest BCUT2D eigenvalue weighted by Crippen LogP contribution is -2.27. The van der Waals surface area contributed by atoms with E-state index < -0.39 is 0 Å². The topological polar surface area (TPSA) is 93.2 Å². The fourth-order valence-corrected chi connectivity index (χ4v) is 2.58. The molecule has 7 nitrogen and oxygen atoms in total. The third-order valence-electron chi connectivity index (χ3n) is 4.02. The number of hydrogen-bond acceptors (Lipinski definition) is 5. The van der Waals surface area contributed by atoms with E-state index >= 15 is 0 Å². The summed E-state index contributed by atoms with van der Waals surface area (Å²) in [5.41, 5.74) is 2.07. The molecule has 7 heteroatoms. The van der Waals surface area contributed by atoms with Gasteiger partial charge in [-0.3, -0.25) is 14.6 Å². The van der Waals surface area contributed by atoms with Crippen molar-refractivity contribution in [1.82, 2.24) is 20.6 Å². The molecule has 1 aromatic carbocycles. The summed E-state index contributed by atoms with van der Waals surface area (Å²) in [6, 6.07) is 15.8. The van der Waals surface area contributed by atoms with E-state index in [9.17, 15) is 9.59 Å². The Labute approximate surface area is 162 Å². The van der Waals surface area contributed by atoms with Crippen LogP contribution in [-0.4, -0.2) is 28.9 Å². The molecule has 2 N–H and O–H groups in total. The monoisotopic (exact) mass is 376 g/mol. The fraction of sp³-hybridized carbons (Fsp3) is 0.143. The van der Waals surface area contributed by atoms with E-state index in [0.717, 1.165) is 11.1 Å². The molecular weight excluding hydrogens is 356 g/mol. The molecule has 0 saturated heterocycles. The minimum Gasteiger partial charge on any atom is -0.496 e. The summed E-state index contributed by atoms with van der Waals surface area (Å²) >= 11 is 0. The van der Waals surface area contributed by atoms with Crippen molar-refractivity contribution in [3.63, 3.8) is 0 Å². The molecule has 0 aliphatic rings. The molecule has 0 aliphatic carbocycles. The van der Waals surface area contributed by atoms with Gasteiger partial charge in [0, 0.05) is 31.0 Å². The van der Waals surface area contributed by atoms with Crippen LogP contribution in [0, 0.1) is 0 Å². The molecule has 0 aliphatic heterocycles. The maximum Gasteiger partial charge on any atom is 0.270 e. The summed E-state index contributed by atoms with van der Waals surface area (Å²) in [6.07, 6.45) is 3.34. The van der Waals surface area contributed by atoms with E-state index in [1.807, 2.05) is 30.3 Å². The van der Waals surface area contributed by atoms with Crippen LogP contribution in [0.15, 0.2) is 67.0 Å². The number of carbonyl (C=O) groups excluding carboxylic acids is 2. The number of methoxy groups -OCH3 is 1. The van der Waals surface area contributed by atoms with Crippen LogP contribution in [0.1, 0.15) is 32.1 Å². The van der Waals surface area contributed by atoms with Crippen LogP contribution in [0.25, 0.3) is 0 Å². The van der Waals surface area contributed by atoms with Gasteiger partial charge in [-0.1, -0.05) is 30.3 Å². The largest absolute Gasteiger partial charge is 0.496 e. The highest BCUT2D eigenvalue weighted by Crippen LogP contribution is 2.16. The zero-order valence-corrected chi connectivity index (χ0v) is 15.4. The van der Waals surface area contributed by atoms with Gasteiger partial charge in [0.25, 0.3) is 11.8 Å². The van der Waals surface area contributed by atoms with Crippen LogP contribution in [0.4, 0.5) is 0 Å². The van der Waals surface area contributed by atoms with Crippen LogP contribution < -0.4 is 15.4 Å². The normalized spacial score (nSPS) is 10.2. The maximum absolute atomic E-state index is 12.4. The van der Waals surface area contributed by atoms with Gasteiger partial charge in [-0.05, 0) is 29.8 Å². The molecule has 142 valence electrons. The molecule has 0 fully saturated rings. The van der Waals surface area contributed by atoms with E-state index in [4.69, 9.17) is 4.74 Å². The molecule has 3 aromatic rings. The van der Waals surface area contributed by atoms with E-state index in [-0.39, 0.29) is 23.2 Å². The van der Waals surface area contributed by atoms with Crippen LogP contribution in [0.3, 0.4) is 0 Å². The summed E-state index contributed by atoms with van der Waals surface area (Å²) < 4.78 is 5.27. The highest BCUT2D eigenvalue weighted by molar-refractivity contribution is 5.96. The van der Waals surface area contributed by atoms with Gasteiger partial charge in [0.2, 0.25) is 0 Å². The molecule has 0 unspecified atom stereocenters. The second kappa shape index (κ2) is 9.27. The van der Waals surface area contributed by atoms with Crippen molar-refractivity contribution >= 4 is 11.8 Å². The molecule has 2 amide bonds. The number of carbonyl (C=O) groups is 2. The molecular formula is C21H20N4O3. The minimum absolute atomic E-state index is 0.170. The van der Waals surface area contributed by atoms with Crippen LogP contribution in [-0.2, 0) is 13.1 Å². The lowest BCUT2D eigenvalue weighted by atomic mass is 10.2. The molecule has 0 bridgehead atoms. The first-order valence-electron chi connectivity index (χ1n) is 8.71. The number of pyridine rings is 2. The molecule has 0 spiro atoms. The predicted molar refractivity (Wildman–Crippen MR) is 104 cm³/mol. The van der Waals surface area contributed by atoms with Crippen molar-refractivity contribution < 1.29 is 14.3 Å². The zero-order valence-electron chi connectivity index (χ0n) is 15.4. The summed E-state index contributed by atoms with van der Waals surface area (Å²) in [5.74, 6) is -0.0321. The molecule has 2 heterocycles. The summed E-state index contributed by atoms with van der Waals surface area (Å²) in [4.78, 5) is 32.9. The number of rotatable bonds is 7. The van der Waals surface area contributed by atoms with E-state index in [2.05, 4.69) is 20.6 Å². The predicted octanol–water partition coefficient (Wildman–Crippen LogP) is 2.35. The molecule has 3 rings (SSSR count).